The van der Waals surface area contributed by atoms with Gasteiger partial charge in [-0.15, -0.1) is 0 Å². The smallest absolute Gasteiger partial charge is 0.257 e. The van der Waals surface area contributed by atoms with Crippen LogP contribution >= 0.6 is 0 Å². The highest BCUT2D eigenvalue weighted by Gasteiger charge is 2.18. The van der Waals surface area contributed by atoms with E-state index in [2.05, 4.69) is 10.6 Å². The fourth-order valence-corrected chi connectivity index (χ4v) is 2.08. The molecule has 2 N–H and O–H groups in total. The summed E-state index contributed by atoms with van der Waals surface area (Å²) in [6.07, 6.45) is 3.57. The second kappa shape index (κ2) is 6.56. The number of halogens is 3. The third kappa shape index (κ3) is 3.60. The SMILES string of the molecule is O=C(NCCC1=CCNCC1)c1c(F)cc(F)cc1F. The van der Waals surface area contributed by atoms with Crippen molar-refractivity contribution in [3.63, 3.8) is 0 Å². The van der Waals surface area contributed by atoms with Crippen LogP contribution in [0.25, 0.3) is 0 Å². The molecule has 0 radical (unpaired) electrons. The molecule has 0 aliphatic carbocycles. The fraction of sp³-hybridized carbons (Fsp3) is 0.357. The summed E-state index contributed by atoms with van der Waals surface area (Å²) in [5, 5.41) is 5.61. The largest absolute Gasteiger partial charge is 0.352 e. The van der Waals surface area contributed by atoms with E-state index in [0.717, 1.165) is 19.5 Å². The van der Waals surface area contributed by atoms with Crippen LogP contribution in [0.15, 0.2) is 23.8 Å². The predicted octanol–water partition coefficient (Wildman–Crippen LogP) is 2.14. The first-order valence-electron chi connectivity index (χ1n) is 6.39. The maximum absolute atomic E-state index is 13.4. The van der Waals surface area contributed by atoms with Gasteiger partial charge < -0.3 is 10.6 Å². The lowest BCUT2D eigenvalue weighted by Crippen LogP contribution is -2.28. The first-order chi connectivity index (χ1) is 9.58. The van der Waals surface area contributed by atoms with Crippen molar-refractivity contribution in [3.05, 3.63) is 46.8 Å². The van der Waals surface area contributed by atoms with Crippen molar-refractivity contribution in [1.29, 1.82) is 0 Å². The van der Waals surface area contributed by atoms with Gasteiger partial charge in [0.2, 0.25) is 0 Å². The number of nitrogens with one attached hydrogen (secondary N) is 2. The highest BCUT2D eigenvalue weighted by Crippen LogP contribution is 2.15. The van der Waals surface area contributed by atoms with Gasteiger partial charge in [0.1, 0.15) is 23.0 Å². The van der Waals surface area contributed by atoms with Gasteiger partial charge in [-0.1, -0.05) is 11.6 Å². The highest BCUT2D eigenvalue weighted by atomic mass is 19.1. The summed E-state index contributed by atoms with van der Waals surface area (Å²) in [6.45, 7) is 1.98. The number of hydrogen-bond donors (Lipinski definition) is 2. The Hall–Kier alpha value is -1.82. The summed E-state index contributed by atoms with van der Waals surface area (Å²) >= 11 is 0. The minimum atomic E-state index is -1.19. The Morgan fingerprint density at radius 3 is 2.55 bits per heavy atom. The van der Waals surface area contributed by atoms with Crippen LogP contribution in [0.4, 0.5) is 13.2 Å². The molecule has 1 aromatic carbocycles. The van der Waals surface area contributed by atoms with Crippen LogP contribution in [0.1, 0.15) is 23.2 Å². The molecule has 0 saturated carbocycles. The van der Waals surface area contributed by atoms with Gasteiger partial charge in [0.15, 0.2) is 0 Å². The Morgan fingerprint density at radius 2 is 1.95 bits per heavy atom. The van der Waals surface area contributed by atoms with Crippen LogP contribution in [0.2, 0.25) is 0 Å². The predicted molar refractivity (Wildman–Crippen MR) is 68.8 cm³/mol. The van der Waals surface area contributed by atoms with Gasteiger partial charge in [0.25, 0.3) is 5.91 Å². The summed E-state index contributed by atoms with van der Waals surface area (Å²) in [5.41, 5.74) is 0.454. The Labute approximate surface area is 114 Å². The normalized spacial score (nSPS) is 14.8. The number of amides is 1. The van der Waals surface area contributed by atoms with Crippen LogP contribution in [0.5, 0.6) is 0 Å². The Balaban J connectivity index is 1.93. The zero-order chi connectivity index (χ0) is 14.5. The average Bonchev–Trinajstić information content (AvgIpc) is 2.38. The lowest BCUT2D eigenvalue weighted by molar-refractivity contribution is 0.0945. The van der Waals surface area contributed by atoms with Gasteiger partial charge in [-0.25, -0.2) is 13.2 Å². The van der Waals surface area contributed by atoms with E-state index in [1.54, 1.807) is 0 Å². The second-order valence-corrected chi connectivity index (χ2v) is 4.57. The van der Waals surface area contributed by atoms with Crippen LogP contribution in [-0.2, 0) is 0 Å². The summed E-state index contributed by atoms with van der Waals surface area (Å²) in [5.74, 6) is -4.30. The Kier molecular flexibility index (Phi) is 4.79. The number of rotatable bonds is 4. The summed E-state index contributed by atoms with van der Waals surface area (Å²) in [6, 6.07) is 0.987. The van der Waals surface area contributed by atoms with Gasteiger partial charge in [-0.05, 0) is 19.4 Å². The molecule has 1 amide bonds. The van der Waals surface area contributed by atoms with E-state index in [4.69, 9.17) is 0 Å². The van der Waals surface area contributed by atoms with Crippen LogP contribution in [0, 0.1) is 17.5 Å². The zero-order valence-corrected chi connectivity index (χ0v) is 10.8. The van der Waals surface area contributed by atoms with E-state index in [0.29, 0.717) is 25.1 Å². The third-order valence-electron chi connectivity index (χ3n) is 3.12. The third-order valence-corrected chi connectivity index (χ3v) is 3.12. The van der Waals surface area contributed by atoms with E-state index < -0.39 is 28.9 Å². The molecule has 6 heteroatoms. The van der Waals surface area contributed by atoms with Crippen molar-refractivity contribution in [2.24, 2.45) is 0 Å². The standard InChI is InChI=1S/C14H15F3N2O/c15-10-7-11(16)13(12(17)8-10)14(20)19-6-3-9-1-4-18-5-2-9/h1,7-8,18H,2-6H2,(H,19,20). The Morgan fingerprint density at radius 1 is 1.25 bits per heavy atom. The molecule has 0 bridgehead atoms. The van der Waals surface area contributed by atoms with Gasteiger partial charge in [0.05, 0.1) is 0 Å². The molecule has 1 aromatic rings. The molecule has 1 heterocycles. The minimum absolute atomic E-state index is 0.293. The molecule has 108 valence electrons. The first kappa shape index (κ1) is 14.6. The van der Waals surface area contributed by atoms with Gasteiger partial charge in [-0.3, -0.25) is 4.79 Å². The van der Waals surface area contributed by atoms with Crippen LogP contribution in [-0.4, -0.2) is 25.5 Å². The molecule has 2 rings (SSSR count). The molecular weight excluding hydrogens is 269 g/mol. The van der Waals surface area contributed by atoms with Crippen molar-refractivity contribution < 1.29 is 18.0 Å². The van der Waals surface area contributed by atoms with Crippen LogP contribution in [0.3, 0.4) is 0 Å². The van der Waals surface area contributed by atoms with E-state index >= 15 is 0 Å². The van der Waals surface area contributed by atoms with Crippen molar-refractivity contribution >= 4 is 5.91 Å². The van der Waals surface area contributed by atoms with E-state index in [1.807, 2.05) is 6.08 Å². The quantitative estimate of drug-likeness (QED) is 0.832. The highest BCUT2D eigenvalue weighted by molar-refractivity contribution is 5.94. The maximum atomic E-state index is 13.4. The zero-order valence-electron chi connectivity index (χ0n) is 10.8. The molecule has 0 aromatic heterocycles. The summed E-state index contributed by atoms with van der Waals surface area (Å²) in [7, 11) is 0. The van der Waals surface area contributed by atoms with Crippen molar-refractivity contribution in [3.8, 4) is 0 Å². The number of benzene rings is 1. The summed E-state index contributed by atoms with van der Waals surface area (Å²) < 4.78 is 39.5. The fourth-order valence-electron chi connectivity index (χ4n) is 2.08. The molecule has 1 aliphatic rings. The molecule has 1 aliphatic heterocycles. The topological polar surface area (TPSA) is 41.1 Å². The minimum Gasteiger partial charge on any atom is -0.352 e. The molecule has 0 fully saturated rings. The van der Waals surface area contributed by atoms with E-state index in [1.165, 1.54) is 5.57 Å². The first-order valence-corrected chi connectivity index (χ1v) is 6.39. The average molecular weight is 284 g/mol. The molecule has 0 spiro atoms. The maximum Gasteiger partial charge on any atom is 0.257 e. The lowest BCUT2D eigenvalue weighted by Gasteiger charge is -2.14. The van der Waals surface area contributed by atoms with E-state index in [-0.39, 0.29) is 0 Å². The molecule has 0 atom stereocenters. The van der Waals surface area contributed by atoms with Gasteiger partial charge >= 0.3 is 0 Å². The molecular formula is C14H15F3N2O. The van der Waals surface area contributed by atoms with Crippen molar-refractivity contribution in [1.82, 2.24) is 10.6 Å². The monoisotopic (exact) mass is 284 g/mol. The van der Waals surface area contributed by atoms with Gasteiger partial charge in [-0.2, -0.15) is 0 Å². The number of carbonyl (C=O) groups is 1. The number of hydrogen-bond acceptors (Lipinski definition) is 2. The van der Waals surface area contributed by atoms with Crippen molar-refractivity contribution in [2.45, 2.75) is 12.8 Å². The number of carbonyl (C=O) groups excluding carboxylic acids is 1. The molecule has 20 heavy (non-hydrogen) atoms. The van der Waals surface area contributed by atoms with Crippen LogP contribution < -0.4 is 10.6 Å². The Bertz CT molecular complexity index is 520. The van der Waals surface area contributed by atoms with E-state index in [9.17, 15) is 18.0 Å². The molecule has 3 nitrogen and oxygen atoms in total. The van der Waals surface area contributed by atoms with Crippen molar-refractivity contribution in [2.75, 3.05) is 19.6 Å². The summed E-state index contributed by atoms with van der Waals surface area (Å²) in [4.78, 5) is 11.7. The second-order valence-electron chi connectivity index (χ2n) is 4.57. The van der Waals surface area contributed by atoms with Gasteiger partial charge in [0, 0.05) is 25.2 Å². The molecule has 0 saturated heterocycles. The lowest BCUT2D eigenvalue weighted by atomic mass is 10.1. The molecule has 0 unspecified atom stereocenters.